The van der Waals surface area contributed by atoms with Crippen LogP contribution >= 0.6 is 0 Å². The van der Waals surface area contributed by atoms with Crippen molar-refractivity contribution < 1.29 is 49.2 Å². The molecule has 0 radical (unpaired) electrons. The van der Waals surface area contributed by atoms with E-state index in [2.05, 4.69) is 14.5 Å². The number of aryl methyl sites for hydroxylation is 1. The number of carbonyl (C=O) groups is 2. The normalized spacial score (nSPS) is 17.8. The van der Waals surface area contributed by atoms with Crippen LogP contribution in [0.2, 0.25) is 0 Å². The van der Waals surface area contributed by atoms with Crippen molar-refractivity contribution in [2.75, 3.05) is 13.2 Å². The smallest absolute Gasteiger partial charge is 0.488 e. The van der Waals surface area contributed by atoms with Crippen molar-refractivity contribution in [2.24, 2.45) is 0 Å². The van der Waals surface area contributed by atoms with Crippen molar-refractivity contribution in [3.8, 4) is 11.5 Å². The summed E-state index contributed by atoms with van der Waals surface area (Å²) >= 11 is 0. The summed E-state index contributed by atoms with van der Waals surface area (Å²) in [7, 11) is -5.96. The predicted octanol–water partition coefficient (Wildman–Crippen LogP) is 5.72. The van der Waals surface area contributed by atoms with E-state index in [-0.39, 0.29) is 29.5 Å². The van der Waals surface area contributed by atoms with Crippen LogP contribution in [0.4, 0.5) is 22.4 Å². The minimum absolute atomic E-state index is 0.0309. The molecule has 2 amide bonds. The number of fused-ring (bicyclic) bond motifs is 1. The highest BCUT2D eigenvalue weighted by atomic mass is 32.2. The van der Waals surface area contributed by atoms with E-state index in [0.717, 1.165) is 18.2 Å². The second-order valence-electron chi connectivity index (χ2n) is 12.1. The van der Waals surface area contributed by atoms with E-state index in [0.29, 0.717) is 42.3 Å². The number of halogens is 4. The van der Waals surface area contributed by atoms with Gasteiger partial charge >= 0.3 is 21.7 Å². The molecule has 2 aromatic carbocycles. The molecule has 242 valence electrons. The fourth-order valence-electron chi connectivity index (χ4n) is 5.02. The van der Waals surface area contributed by atoms with E-state index in [1.807, 2.05) is 0 Å². The Kier molecular flexibility index (Phi) is 8.13. The Labute approximate surface area is 256 Å². The van der Waals surface area contributed by atoms with Crippen LogP contribution in [-0.2, 0) is 20.4 Å². The molecule has 1 atom stereocenters. The first kappa shape index (κ1) is 32.3. The van der Waals surface area contributed by atoms with Crippen molar-refractivity contribution in [1.82, 2.24) is 15.2 Å². The summed E-state index contributed by atoms with van der Waals surface area (Å²) in [5.74, 6) is -2.13. The molecular weight excluding hydrogens is 622 g/mol. The van der Waals surface area contributed by atoms with Gasteiger partial charge in [-0.25, -0.2) is 9.18 Å². The van der Waals surface area contributed by atoms with Crippen molar-refractivity contribution >= 4 is 33.0 Å². The first-order valence-corrected chi connectivity index (χ1v) is 15.4. The molecule has 1 aromatic heterocycles. The number of rotatable bonds is 8. The molecule has 15 heteroatoms. The summed E-state index contributed by atoms with van der Waals surface area (Å²) in [6.45, 7) is 7.22. The van der Waals surface area contributed by atoms with Crippen LogP contribution in [0.3, 0.4) is 0 Å². The molecule has 10 nitrogen and oxygen atoms in total. The molecule has 1 saturated heterocycles. The number of hydrogen-bond acceptors (Lipinski definition) is 8. The molecule has 2 fully saturated rings. The molecule has 1 N–H and O–H groups in total. The molecule has 2 aliphatic rings. The van der Waals surface area contributed by atoms with Gasteiger partial charge in [-0.15, -0.1) is 0 Å². The van der Waals surface area contributed by atoms with Crippen LogP contribution in [0.25, 0.3) is 10.9 Å². The van der Waals surface area contributed by atoms with Crippen LogP contribution in [0.15, 0.2) is 42.6 Å². The summed E-state index contributed by atoms with van der Waals surface area (Å²) in [6, 6.07) is 7.50. The third-order valence-electron chi connectivity index (χ3n) is 7.53. The van der Waals surface area contributed by atoms with E-state index in [4.69, 9.17) is 9.47 Å². The molecule has 0 unspecified atom stereocenters. The molecule has 1 aliphatic carbocycles. The van der Waals surface area contributed by atoms with E-state index >= 15 is 0 Å². The molecule has 45 heavy (non-hydrogen) atoms. The second kappa shape index (κ2) is 11.3. The van der Waals surface area contributed by atoms with Crippen LogP contribution in [0.5, 0.6) is 11.5 Å². The lowest BCUT2D eigenvalue weighted by molar-refractivity contribution is -0.0500. The number of amides is 2. The van der Waals surface area contributed by atoms with Gasteiger partial charge in [0.05, 0.1) is 17.1 Å². The van der Waals surface area contributed by atoms with E-state index in [1.54, 1.807) is 32.9 Å². The number of likely N-dealkylation sites (tertiary alicyclic amines) is 1. The van der Waals surface area contributed by atoms with Crippen molar-refractivity contribution in [2.45, 2.75) is 69.6 Å². The Hall–Kier alpha value is -4.14. The van der Waals surface area contributed by atoms with Crippen LogP contribution in [0, 0.1) is 12.7 Å². The highest BCUT2D eigenvalue weighted by Gasteiger charge is 2.50. The molecule has 0 spiro atoms. The number of hydrogen-bond donors (Lipinski definition) is 1. The Balaban J connectivity index is 1.37. The summed E-state index contributed by atoms with van der Waals surface area (Å²) in [5, 5.41) is 3.36. The highest BCUT2D eigenvalue weighted by molar-refractivity contribution is 7.88. The Morgan fingerprint density at radius 1 is 1.13 bits per heavy atom. The molecule has 5 rings (SSSR count). The van der Waals surface area contributed by atoms with Gasteiger partial charge in [-0.1, -0.05) is 6.07 Å². The van der Waals surface area contributed by atoms with Gasteiger partial charge in [0.15, 0.2) is 11.6 Å². The first-order chi connectivity index (χ1) is 20.9. The summed E-state index contributed by atoms with van der Waals surface area (Å²) < 4.78 is 92.9. The van der Waals surface area contributed by atoms with Crippen LogP contribution in [-0.4, -0.2) is 60.6 Å². The minimum atomic E-state index is -5.96. The minimum Gasteiger partial charge on any atom is -0.488 e. The van der Waals surface area contributed by atoms with Crippen LogP contribution in [0.1, 0.15) is 61.5 Å². The number of nitrogens with one attached hydrogen (secondary N) is 1. The van der Waals surface area contributed by atoms with Crippen molar-refractivity contribution in [3.63, 3.8) is 0 Å². The zero-order chi connectivity index (χ0) is 32.9. The van der Waals surface area contributed by atoms with Gasteiger partial charge in [0.25, 0.3) is 5.91 Å². The van der Waals surface area contributed by atoms with E-state index in [1.165, 1.54) is 24.1 Å². The number of nitrogens with zero attached hydrogens (tertiary/aromatic N) is 2. The van der Waals surface area contributed by atoms with Gasteiger partial charge in [-0.3, -0.25) is 9.78 Å². The Morgan fingerprint density at radius 3 is 2.44 bits per heavy atom. The standard InChI is InChI=1S/C30H31F4N3O7S/c1-17-12-23(31)25(42-16-18-7-11-37(18)27(39)43-28(2,3)4)15-21(17)26(38)36-29(8-9-29)22-13-19(44-45(40,41)30(32,33)34)14-24-20(22)6-5-10-35-24/h5-6,10,12-15,18H,7-9,11,16H2,1-4H3,(H,36,38)/t18-/m0/s1. The molecule has 1 saturated carbocycles. The summed E-state index contributed by atoms with van der Waals surface area (Å²) in [6.07, 6.45) is 2.26. The topological polar surface area (TPSA) is 124 Å². The van der Waals surface area contributed by atoms with Gasteiger partial charge < -0.3 is 23.9 Å². The maximum Gasteiger partial charge on any atom is 0.534 e. The fraction of sp³-hybridized carbons (Fsp3) is 0.433. The lowest BCUT2D eigenvalue weighted by Gasteiger charge is -2.41. The molecule has 3 aromatic rings. The summed E-state index contributed by atoms with van der Waals surface area (Å²) in [4.78, 5) is 31.6. The highest BCUT2D eigenvalue weighted by Crippen LogP contribution is 2.49. The summed E-state index contributed by atoms with van der Waals surface area (Å²) in [5.41, 5.74) is -6.55. The van der Waals surface area contributed by atoms with E-state index < -0.39 is 50.3 Å². The van der Waals surface area contributed by atoms with Crippen molar-refractivity contribution in [1.29, 1.82) is 0 Å². The SMILES string of the molecule is Cc1cc(F)c(OC[C@@H]2CCN2C(=O)OC(C)(C)C)cc1C(=O)NC1(c2cc(OS(=O)(=O)C(F)(F)F)cc3ncccc23)CC1. The lowest BCUT2D eigenvalue weighted by atomic mass is 9.97. The lowest BCUT2D eigenvalue weighted by Crippen LogP contribution is -2.55. The average molecular weight is 654 g/mol. The quantitative estimate of drug-likeness (QED) is 0.186. The molecular formula is C30H31F4N3O7S. The third-order valence-corrected chi connectivity index (χ3v) is 8.51. The maximum absolute atomic E-state index is 14.9. The zero-order valence-electron chi connectivity index (χ0n) is 24.8. The monoisotopic (exact) mass is 653 g/mol. The third kappa shape index (κ3) is 6.77. The van der Waals surface area contributed by atoms with Crippen LogP contribution < -0.4 is 14.2 Å². The number of benzene rings is 2. The number of aromatic nitrogens is 1. The van der Waals surface area contributed by atoms with Gasteiger partial charge in [-0.05, 0) is 82.3 Å². The Bertz CT molecular complexity index is 1770. The first-order valence-electron chi connectivity index (χ1n) is 14.0. The van der Waals surface area contributed by atoms with Gasteiger partial charge in [0.1, 0.15) is 18.0 Å². The van der Waals surface area contributed by atoms with Crippen molar-refractivity contribution in [3.05, 3.63) is 65.1 Å². The molecule has 2 heterocycles. The average Bonchev–Trinajstić information content (AvgIpc) is 3.67. The number of ether oxygens (including phenoxy) is 2. The molecule has 1 aliphatic heterocycles. The van der Waals surface area contributed by atoms with E-state index in [9.17, 15) is 35.6 Å². The second-order valence-corrected chi connectivity index (χ2v) is 13.6. The predicted molar refractivity (Wildman–Crippen MR) is 154 cm³/mol. The largest absolute Gasteiger partial charge is 0.534 e. The van der Waals surface area contributed by atoms with Gasteiger partial charge in [0.2, 0.25) is 0 Å². The number of alkyl halides is 3. The molecule has 0 bridgehead atoms. The fourth-order valence-corrected chi connectivity index (χ4v) is 5.46. The maximum atomic E-state index is 14.9. The number of carbonyl (C=O) groups excluding carboxylic acids is 2. The Morgan fingerprint density at radius 2 is 1.84 bits per heavy atom. The zero-order valence-corrected chi connectivity index (χ0v) is 25.6. The van der Waals surface area contributed by atoms with Gasteiger partial charge in [-0.2, -0.15) is 21.6 Å². The van der Waals surface area contributed by atoms with Gasteiger partial charge in [0, 0.05) is 29.8 Å². The number of pyridine rings is 1.